The van der Waals surface area contributed by atoms with Gasteiger partial charge in [-0.3, -0.25) is 9.69 Å². The normalized spacial score (nSPS) is 26.1. The van der Waals surface area contributed by atoms with E-state index in [0.29, 0.717) is 19.6 Å². The maximum Gasteiger partial charge on any atom is 0.407 e. The Balaban J connectivity index is 0.000000187. The van der Waals surface area contributed by atoms with Gasteiger partial charge in [0.05, 0.1) is 6.54 Å². The number of nitrogens with zero attached hydrogens (tertiary/aromatic N) is 3. The lowest BCUT2D eigenvalue weighted by Crippen LogP contribution is -2.39. The summed E-state index contributed by atoms with van der Waals surface area (Å²) >= 11 is 0. The predicted octanol–water partition coefficient (Wildman–Crippen LogP) is 2.25. The van der Waals surface area contributed by atoms with E-state index in [4.69, 9.17) is 10.8 Å². The number of anilines is 2. The van der Waals surface area contributed by atoms with E-state index >= 15 is 0 Å². The van der Waals surface area contributed by atoms with Gasteiger partial charge in [0.15, 0.2) is 0 Å². The Morgan fingerprint density at radius 2 is 1.84 bits per heavy atom. The summed E-state index contributed by atoms with van der Waals surface area (Å²) in [6.45, 7) is 8.91. The molecule has 0 spiro atoms. The van der Waals surface area contributed by atoms with Gasteiger partial charge >= 0.3 is 6.09 Å². The number of Topliss-reactive ketones (excluding diaryl/α,β-unsaturated/α-hetero) is 1. The lowest BCUT2D eigenvalue weighted by molar-refractivity contribution is -0.116. The lowest BCUT2D eigenvalue weighted by atomic mass is 10.2. The molecule has 0 aromatic heterocycles. The van der Waals surface area contributed by atoms with E-state index < -0.39 is 6.09 Å². The van der Waals surface area contributed by atoms with Crippen molar-refractivity contribution < 1.29 is 14.7 Å². The number of nitrogens with one attached hydrogen (secondary N) is 1. The van der Waals surface area contributed by atoms with Crippen molar-refractivity contribution in [3.05, 3.63) is 24.3 Å². The molecule has 0 radical (unpaired) electrons. The number of hydrogen-bond donors (Lipinski definition) is 3. The van der Waals surface area contributed by atoms with E-state index in [9.17, 15) is 9.59 Å². The number of hydrogen-bond acceptors (Lipinski definition) is 6. The summed E-state index contributed by atoms with van der Waals surface area (Å²) in [6, 6.07) is 9.96. The summed E-state index contributed by atoms with van der Waals surface area (Å²) < 4.78 is 0. The minimum absolute atomic E-state index is 0.0776. The average molecular weight is 432 g/mol. The first-order valence-corrected chi connectivity index (χ1v) is 11.4. The predicted molar refractivity (Wildman–Crippen MR) is 124 cm³/mol. The second-order valence-electron chi connectivity index (χ2n) is 9.01. The molecule has 3 saturated heterocycles. The van der Waals surface area contributed by atoms with E-state index in [1.807, 2.05) is 12.1 Å². The zero-order valence-corrected chi connectivity index (χ0v) is 18.8. The van der Waals surface area contributed by atoms with Gasteiger partial charge < -0.3 is 26.0 Å². The first-order valence-electron chi connectivity index (χ1n) is 11.4. The van der Waals surface area contributed by atoms with Crippen LogP contribution in [0.3, 0.4) is 0 Å². The minimum Gasteiger partial charge on any atom is -0.465 e. The lowest BCUT2D eigenvalue weighted by Gasteiger charge is -2.28. The molecule has 1 amide bonds. The largest absolute Gasteiger partial charge is 0.465 e. The van der Waals surface area contributed by atoms with Gasteiger partial charge in [-0.25, -0.2) is 4.79 Å². The van der Waals surface area contributed by atoms with Crippen LogP contribution in [0.1, 0.15) is 39.5 Å². The first kappa shape index (κ1) is 23.3. The van der Waals surface area contributed by atoms with Gasteiger partial charge in [-0.2, -0.15) is 0 Å². The number of rotatable bonds is 5. The van der Waals surface area contributed by atoms with Crippen LogP contribution in [0.15, 0.2) is 24.3 Å². The molecule has 8 heteroatoms. The summed E-state index contributed by atoms with van der Waals surface area (Å²) in [6.07, 6.45) is 3.96. The number of benzene rings is 1. The Labute approximate surface area is 185 Å². The molecule has 0 saturated carbocycles. The van der Waals surface area contributed by atoms with Crippen LogP contribution in [0.4, 0.5) is 16.2 Å². The number of carbonyl (C=O) groups is 2. The van der Waals surface area contributed by atoms with Crippen molar-refractivity contribution in [2.45, 2.75) is 57.7 Å². The highest BCUT2D eigenvalue weighted by Gasteiger charge is 2.32. The molecular weight excluding hydrogens is 394 g/mol. The average Bonchev–Trinajstić information content (AvgIpc) is 3.48. The molecule has 3 aliphatic heterocycles. The van der Waals surface area contributed by atoms with Crippen molar-refractivity contribution in [2.24, 2.45) is 0 Å². The first-order chi connectivity index (χ1) is 14.8. The number of likely N-dealkylation sites (tertiary alicyclic amines) is 2. The molecule has 1 aromatic rings. The van der Waals surface area contributed by atoms with Crippen LogP contribution in [0.2, 0.25) is 0 Å². The van der Waals surface area contributed by atoms with Crippen molar-refractivity contribution in [1.82, 2.24) is 15.1 Å². The van der Waals surface area contributed by atoms with E-state index in [0.717, 1.165) is 24.2 Å². The van der Waals surface area contributed by atoms with Crippen LogP contribution in [0.5, 0.6) is 0 Å². The number of nitrogens with two attached hydrogens (primary N) is 1. The van der Waals surface area contributed by atoms with E-state index in [2.05, 4.69) is 34.2 Å². The second-order valence-corrected chi connectivity index (χ2v) is 9.01. The number of ketones is 1. The van der Waals surface area contributed by atoms with Crippen molar-refractivity contribution in [3.8, 4) is 0 Å². The molecule has 3 aliphatic rings. The van der Waals surface area contributed by atoms with Crippen LogP contribution >= 0.6 is 0 Å². The van der Waals surface area contributed by atoms with Crippen LogP contribution in [0, 0.1) is 0 Å². The molecule has 3 fully saturated rings. The van der Waals surface area contributed by atoms with Crippen molar-refractivity contribution in [2.75, 3.05) is 49.9 Å². The van der Waals surface area contributed by atoms with Gasteiger partial charge in [0, 0.05) is 55.7 Å². The summed E-state index contributed by atoms with van der Waals surface area (Å²) in [7, 11) is 0. The molecule has 172 valence electrons. The Hall–Kier alpha value is -2.32. The quantitative estimate of drug-likeness (QED) is 0.615. The van der Waals surface area contributed by atoms with Gasteiger partial charge in [0.1, 0.15) is 5.78 Å². The number of amides is 1. The molecule has 0 aliphatic carbocycles. The summed E-state index contributed by atoms with van der Waals surface area (Å²) in [4.78, 5) is 27.7. The Morgan fingerprint density at radius 1 is 1.10 bits per heavy atom. The van der Waals surface area contributed by atoms with Gasteiger partial charge in [-0.15, -0.1) is 0 Å². The van der Waals surface area contributed by atoms with Crippen LogP contribution < -0.4 is 16.0 Å². The summed E-state index contributed by atoms with van der Waals surface area (Å²) in [5, 5.41) is 11.7. The molecule has 4 N–H and O–H groups in total. The zero-order valence-electron chi connectivity index (χ0n) is 18.8. The maximum absolute atomic E-state index is 10.6. The van der Waals surface area contributed by atoms with E-state index in [1.165, 1.54) is 56.4 Å². The molecule has 3 unspecified atom stereocenters. The number of carboxylic acid groups (broad SMARTS) is 1. The van der Waals surface area contributed by atoms with Crippen LogP contribution in [0.25, 0.3) is 0 Å². The fraction of sp³-hybridized carbons (Fsp3) is 0.652. The molecule has 0 bridgehead atoms. The molecule has 3 heterocycles. The second kappa shape index (κ2) is 10.8. The third kappa shape index (κ3) is 6.58. The van der Waals surface area contributed by atoms with Gasteiger partial charge in [0.2, 0.25) is 0 Å². The van der Waals surface area contributed by atoms with Crippen molar-refractivity contribution in [1.29, 1.82) is 0 Å². The van der Waals surface area contributed by atoms with Gasteiger partial charge in [-0.05, 0) is 70.3 Å². The summed E-state index contributed by atoms with van der Waals surface area (Å²) in [5.74, 6) is 0.0776. The minimum atomic E-state index is -0.882. The highest BCUT2D eigenvalue weighted by molar-refractivity contribution is 5.77. The monoisotopic (exact) mass is 431 g/mol. The van der Waals surface area contributed by atoms with E-state index in [1.54, 1.807) is 0 Å². The maximum atomic E-state index is 10.6. The highest BCUT2D eigenvalue weighted by atomic mass is 16.4. The molecule has 31 heavy (non-hydrogen) atoms. The third-order valence-electron chi connectivity index (χ3n) is 6.59. The van der Waals surface area contributed by atoms with E-state index in [-0.39, 0.29) is 11.8 Å². The summed E-state index contributed by atoms with van der Waals surface area (Å²) in [5.41, 5.74) is 7.91. The smallest absolute Gasteiger partial charge is 0.407 e. The molecule has 3 atom stereocenters. The molecule has 1 aromatic carbocycles. The van der Waals surface area contributed by atoms with Crippen LogP contribution in [-0.2, 0) is 4.79 Å². The van der Waals surface area contributed by atoms with Crippen molar-refractivity contribution >= 4 is 23.3 Å². The highest BCUT2D eigenvalue weighted by Crippen LogP contribution is 2.28. The van der Waals surface area contributed by atoms with Crippen LogP contribution in [-0.4, -0.2) is 84.2 Å². The van der Waals surface area contributed by atoms with Crippen molar-refractivity contribution in [3.63, 3.8) is 0 Å². The number of nitrogen functional groups attached to an aromatic ring is 1. The standard InChI is InChI=1S/C15H23N3.C8H14N2O3/c1-12-3-2-9-18(12)15-8-10-17(11-15)14-6-4-13(16)5-7-14;1-6(11)4-9-7-2-3-10(5-7)8(12)13/h4-7,12,15H,2-3,8-11,16H2,1H3;7,9H,2-5H2,1H3,(H,12,13). The zero-order chi connectivity index (χ0) is 22.4. The topological polar surface area (TPSA) is 102 Å². The third-order valence-corrected chi connectivity index (χ3v) is 6.59. The Morgan fingerprint density at radius 3 is 2.42 bits per heavy atom. The number of carbonyl (C=O) groups excluding carboxylic acids is 1. The SMILES string of the molecule is CC(=O)CNC1CCN(C(=O)O)C1.CC1CCCN1C1CCN(c2ccc(N)cc2)C1. The van der Waals surface area contributed by atoms with Gasteiger partial charge in [0.25, 0.3) is 0 Å². The molecule has 8 nitrogen and oxygen atoms in total. The molecular formula is C23H37N5O3. The molecule has 4 rings (SSSR count). The fourth-order valence-corrected chi connectivity index (χ4v) is 4.82. The fourth-order valence-electron chi connectivity index (χ4n) is 4.82. The Kier molecular flexibility index (Phi) is 8.15. The Bertz CT molecular complexity index is 741. The van der Waals surface area contributed by atoms with Gasteiger partial charge in [-0.1, -0.05) is 0 Å².